The molecular weight excluding hydrogens is 241 g/mol. The van der Waals surface area contributed by atoms with Crippen LogP contribution in [0.15, 0.2) is 18.3 Å². The van der Waals surface area contributed by atoms with Crippen LogP contribution in [0.5, 0.6) is 0 Å². The van der Waals surface area contributed by atoms with Gasteiger partial charge in [-0.1, -0.05) is 0 Å². The van der Waals surface area contributed by atoms with E-state index in [9.17, 15) is 0 Å². The van der Waals surface area contributed by atoms with Crippen molar-refractivity contribution in [3.63, 3.8) is 0 Å². The first-order valence-corrected chi connectivity index (χ1v) is 3.88. The van der Waals surface area contributed by atoms with Gasteiger partial charge in [-0.3, -0.25) is 5.01 Å². The Morgan fingerprint density at radius 2 is 2.40 bits per heavy atom. The molecule has 0 saturated heterocycles. The van der Waals surface area contributed by atoms with Gasteiger partial charge in [0.15, 0.2) is 0 Å². The third kappa shape index (κ3) is 1.81. The number of nitrogens with zero attached hydrogens (tertiary/aromatic N) is 2. The molecule has 10 heavy (non-hydrogen) atoms. The summed E-state index contributed by atoms with van der Waals surface area (Å²) in [5, 5.41) is 1.49. The van der Waals surface area contributed by atoms with Crippen LogP contribution < -0.4 is 10.9 Å². The van der Waals surface area contributed by atoms with E-state index < -0.39 is 0 Å². The molecule has 1 rings (SSSR count). The number of halogens is 1. The Morgan fingerprint density at radius 3 is 2.80 bits per heavy atom. The van der Waals surface area contributed by atoms with E-state index in [1.165, 1.54) is 5.01 Å². The predicted octanol–water partition coefficient (Wildman–Crippen LogP) is 0.996. The molecule has 0 radical (unpaired) electrons. The molecule has 2 N–H and O–H groups in total. The minimum Gasteiger partial charge on any atom is -0.298 e. The largest absolute Gasteiger partial charge is 0.298 e. The lowest BCUT2D eigenvalue weighted by Gasteiger charge is -2.09. The van der Waals surface area contributed by atoms with Gasteiger partial charge in [0.05, 0.1) is 0 Å². The highest BCUT2D eigenvalue weighted by Crippen LogP contribution is 2.09. The summed E-state index contributed by atoms with van der Waals surface area (Å²) in [4.78, 5) is 4.04. The second-order valence-electron chi connectivity index (χ2n) is 1.94. The van der Waals surface area contributed by atoms with Crippen molar-refractivity contribution < 1.29 is 0 Å². The number of hydrogen-bond acceptors (Lipinski definition) is 3. The van der Waals surface area contributed by atoms with Crippen LogP contribution in [0, 0.1) is 3.57 Å². The van der Waals surface area contributed by atoms with Gasteiger partial charge in [-0.05, 0) is 34.7 Å². The quantitative estimate of drug-likeness (QED) is 0.458. The van der Waals surface area contributed by atoms with Crippen LogP contribution in [0.3, 0.4) is 0 Å². The van der Waals surface area contributed by atoms with Crippen molar-refractivity contribution in [1.29, 1.82) is 0 Å². The minimum atomic E-state index is 0.784. The molecule has 0 aliphatic heterocycles. The van der Waals surface area contributed by atoms with Gasteiger partial charge in [-0.25, -0.2) is 10.8 Å². The van der Waals surface area contributed by atoms with Crippen molar-refractivity contribution in [2.75, 3.05) is 12.1 Å². The van der Waals surface area contributed by atoms with E-state index in [-0.39, 0.29) is 0 Å². The molecule has 0 spiro atoms. The number of pyridine rings is 1. The maximum atomic E-state index is 5.45. The molecule has 0 unspecified atom stereocenters. The first kappa shape index (κ1) is 7.74. The zero-order chi connectivity index (χ0) is 7.56. The lowest BCUT2D eigenvalue weighted by Crippen LogP contribution is -2.25. The van der Waals surface area contributed by atoms with Crippen molar-refractivity contribution in [3.8, 4) is 0 Å². The normalized spacial score (nSPS) is 9.50. The van der Waals surface area contributed by atoms with Gasteiger partial charge in [0.2, 0.25) is 0 Å². The SMILES string of the molecule is CN(N)c1cc(I)ccn1. The van der Waals surface area contributed by atoms with E-state index in [2.05, 4.69) is 27.6 Å². The van der Waals surface area contributed by atoms with Gasteiger partial charge in [0.25, 0.3) is 0 Å². The smallest absolute Gasteiger partial charge is 0.143 e. The van der Waals surface area contributed by atoms with E-state index in [1.807, 2.05) is 12.1 Å². The van der Waals surface area contributed by atoms with Crippen molar-refractivity contribution in [3.05, 3.63) is 21.9 Å². The predicted molar refractivity (Wildman–Crippen MR) is 49.5 cm³/mol. The number of rotatable bonds is 1. The maximum absolute atomic E-state index is 5.45. The van der Waals surface area contributed by atoms with Crippen LogP contribution in [0.25, 0.3) is 0 Å². The molecule has 0 fully saturated rings. The Labute approximate surface area is 73.3 Å². The fraction of sp³-hybridized carbons (Fsp3) is 0.167. The summed E-state index contributed by atoms with van der Waals surface area (Å²) in [5.74, 6) is 6.23. The van der Waals surface area contributed by atoms with Gasteiger partial charge in [-0.15, -0.1) is 0 Å². The highest BCUT2D eigenvalue weighted by Gasteiger charge is 1.95. The fourth-order valence-corrected chi connectivity index (χ4v) is 1.03. The summed E-state index contributed by atoms with van der Waals surface area (Å²) in [7, 11) is 1.76. The molecule has 0 aliphatic carbocycles. The molecule has 4 heteroatoms. The van der Waals surface area contributed by atoms with Crippen molar-refractivity contribution in [2.24, 2.45) is 5.84 Å². The summed E-state index contributed by atoms with van der Waals surface area (Å²) in [6.07, 6.45) is 1.74. The summed E-state index contributed by atoms with van der Waals surface area (Å²) in [6.45, 7) is 0. The van der Waals surface area contributed by atoms with Gasteiger partial charge in [-0.2, -0.15) is 0 Å². The third-order valence-electron chi connectivity index (χ3n) is 1.07. The third-order valence-corrected chi connectivity index (χ3v) is 1.74. The zero-order valence-electron chi connectivity index (χ0n) is 5.58. The van der Waals surface area contributed by atoms with E-state index in [0.717, 1.165) is 9.39 Å². The van der Waals surface area contributed by atoms with E-state index in [4.69, 9.17) is 5.84 Å². The summed E-state index contributed by atoms with van der Waals surface area (Å²) < 4.78 is 1.14. The molecule has 0 atom stereocenters. The van der Waals surface area contributed by atoms with Crippen LogP contribution in [0.4, 0.5) is 5.82 Å². The molecule has 0 saturated carbocycles. The Kier molecular flexibility index (Phi) is 2.44. The lowest BCUT2D eigenvalue weighted by molar-refractivity contribution is 0.976. The van der Waals surface area contributed by atoms with Crippen LogP contribution in [-0.2, 0) is 0 Å². The molecule has 0 aliphatic rings. The molecule has 54 valence electrons. The van der Waals surface area contributed by atoms with E-state index in [0.29, 0.717) is 0 Å². The van der Waals surface area contributed by atoms with E-state index in [1.54, 1.807) is 13.2 Å². The van der Waals surface area contributed by atoms with Crippen molar-refractivity contribution >= 4 is 28.4 Å². The average Bonchev–Trinajstić information content (AvgIpc) is 1.88. The van der Waals surface area contributed by atoms with Gasteiger partial charge < -0.3 is 0 Å². The molecule has 1 heterocycles. The highest BCUT2D eigenvalue weighted by molar-refractivity contribution is 14.1. The minimum absolute atomic E-state index is 0.784. The zero-order valence-corrected chi connectivity index (χ0v) is 7.74. The number of hydrogen-bond donors (Lipinski definition) is 1. The Balaban J connectivity index is 2.96. The number of nitrogens with two attached hydrogens (primary N) is 1. The number of aromatic nitrogens is 1. The Bertz CT molecular complexity index is 224. The van der Waals surface area contributed by atoms with Gasteiger partial charge in [0, 0.05) is 16.8 Å². The summed E-state index contributed by atoms with van der Waals surface area (Å²) >= 11 is 2.22. The molecule has 1 aromatic heterocycles. The first-order chi connectivity index (χ1) is 4.70. The molecule has 1 aromatic rings. The second-order valence-corrected chi connectivity index (χ2v) is 3.19. The number of anilines is 1. The van der Waals surface area contributed by atoms with Crippen LogP contribution in [0.2, 0.25) is 0 Å². The molecular formula is C6H8IN3. The standard InChI is InChI=1S/C6H8IN3/c1-10(8)6-4-5(7)2-3-9-6/h2-4H,8H2,1H3. The maximum Gasteiger partial charge on any atom is 0.143 e. The topological polar surface area (TPSA) is 42.1 Å². The summed E-state index contributed by atoms with van der Waals surface area (Å²) in [6, 6.07) is 3.84. The van der Waals surface area contributed by atoms with Gasteiger partial charge in [0.1, 0.15) is 5.82 Å². The van der Waals surface area contributed by atoms with E-state index >= 15 is 0 Å². The van der Waals surface area contributed by atoms with Crippen molar-refractivity contribution in [1.82, 2.24) is 4.98 Å². The number of hydrazine groups is 1. The Hall–Kier alpha value is -0.360. The second kappa shape index (κ2) is 3.16. The van der Waals surface area contributed by atoms with Crippen molar-refractivity contribution in [2.45, 2.75) is 0 Å². The first-order valence-electron chi connectivity index (χ1n) is 2.80. The van der Waals surface area contributed by atoms with Crippen LogP contribution >= 0.6 is 22.6 Å². The fourth-order valence-electron chi connectivity index (χ4n) is 0.586. The van der Waals surface area contributed by atoms with Crippen LogP contribution in [0.1, 0.15) is 0 Å². The summed E-state index contributed by atoms with van der Waals surface area (Å²) in [5.41, 5.74) is 0. The molecule has 0 aromatic carbocycles. The molecule has 0 amide bonds. The van der Waals surface area contributed by atoms with Gasteiger partial charge >= 0.3 is 0 Å². The average molecular weight is 249 g/mol. The lowest BCUT2D eigenvalue weighted by atomic mass is 10.5. The molecule has 3 nitrogen and oxygen atoms in total. The highest BCUT2D eigenvalue weighted by atomic mass is 127. The van der Waals surface area contributed by atoms with Crippen LogP contribution in [-0.4, -0.2) is 12.0 Å². The Morgan fingerprint density at radius 1 is 1.70 bits per heavy atom. The molecule has 0 bridgehead atoms. The monoisotopic (exact) mass is 249 g/mol.